The number of aromatic carboxylic acids is 1. The number of aryl methyl sites for hydroxylation is 2. The van der Waals surface area contributed by atoms with Crippen molar-refractivity contribution in [3.8, 4) is 11.5 Å². The van der Waals surface area contributed by atoms with E-state index in [1.54, 1.807) is 14.2 Å². The molecule has 2 heterocycles. The summed E-state index contributed by atoms with van der Waals surface area (Å²) in [7, 11) is 3.17. The average Bonchev–Trinajstić information content (AvgIpc) is 3.32. The van der Waals surface area contributed by atoms with E-state index in [0.29, 0.717) is 29.4 Å². The Morgan fingerprint density at radius 1 is 1.10 bits per heavy atom. The molecule has 0 saturated heterocycles. The van der Waals surface area contributed by atoms with Crippen molar-refractivity contribution >= 4 is 17.6 Å². The third-order valence-electron chi connectivity index (χ3n) is 4.91. The first kappa shape index (κ1) is 21.9. The van der Waals surface area contributed by atoms with Crippen molar-refractivity contribution in [2.45, 2.75) is 33.4 Å². The Kier molecular flexibility index (Phi) is 6.58. The normalized spacial score (nSPS) is 10.7. The van der Waals surface area contributed by atoms with Crippen molar-refractivity contribution in [1.82, 2.24) is 19.6 Å². The van der Waals surface area contributed by atoms with Crippen molar-refractivity contribution < 1.29 is 24.2 Å². The summed E-state index contributed by atoms with van der Waals surface area (Å²) in [5.41, 5.74) is 3.16. The van der Waals surface area contributed by atoms with E-state index >= 15 is 0 Å². The molecule has 0 saturated carbocycles. The number of carboxylic acids is 1. The topological polar surface area (TPSA) is 120 Å². The summed E-state index contributed by atoms with van der Waals surface area (Å²) in [6, 6.07) is 7.05. The van der Waals surface area contributed by atoms with Crippen LogP contribution in [0.4, 0.5) is 5.69 Å². The molecule has 2 N–H and O–H groups in total. The predicted molar refractivity (Wildman–Crippen MR) is 113 cm³/mol. The molecular weight excluding hydrogens is 402 g/mol. The highest BCUT2D eigenvalue weighted by molar-refractivity contribution is 5.92. The summed E-state index contributed by atoms with van der Waals surface area (Å²) in [6.07, 6.45) is 1.48. The molecule has 10 heteroatoms. The lowest BCUT2D eigenvalue weighted by molar-refractivity contribution is -0.116. The number of carbonyl (C=O) groups excluding carboxylic acids is 1. The lowest BCUT2D eigenvalue weighted by Gasteiger charge is -2.11. The van der Waals surface area contributed by atoms with Crippen molar-refractivity contribution in [3.05, 3.63) is 53.1 Å². The van der Waals surface area contributed by atoms with Crippen LogP contribution in [0.3, 0.4) is 0 Å². The van der Waals surface area contributed by atoms with Gasteiger partial charge in [0.05, 0.1) is 44.4 Å². The van der Waals surface area contributed by atoms with Crippen LogP contribution in [0, 0.1) is 13.8 Å². The summed E-state index contributed by atoms with van der Waals surface area (Å²) >= 11 is 0. The molecule has 0 atom stereocenters. The number of hydrogen-bond acceptors (Lipinski definition) is 6. The Bertz CT molecular complexity index is 1100. The van der Waals surface area contributed by atoms with Crippen LogP contribution < -0.4 is 14.8 Å². The van der Waals surface area contributed by atoms with Crippen LogP contribution in [0.1, 0.15) is 33.9 Å². The molecule has 1 aromatic carbocycles. The molecule has 3 rings (SSSR count). The van der Waals surface area contributed by atoms with Crippen LogP contribution in [-0.2, 0) is 17.9 Å². The van der Waals surface area contributed by atoms with Crippen molar-refractivity contribution in [3.63, 3.8) is 0 Å². The fraction of sp³-hybridized carbons (Fsp3) is 0.333. The molecule has 0 fully saturated rings. The first-order chi connectivity index (χ1) is 14.8. The molecule has 3 aromatic rings. The number of hydrogen-bond donors (Lipinski definition) is 2. The minimum absolute atomic E-state index is 0.0444. The number of rotatable bonds is 9. The number of amides is 1. The van der Waals surface area contributed by atoms with E-state index in [1.165, 1.54) is 16.9 Å². The molecule has 31 heavy (non-hydrogen) atoms. The van der Waals surface area contributed by atoms with Gasteiger partial charge in [0.25, 0.3) is 0 Å². The summed E-state index contributed by atoms with van der Waals surface area (Å²) in [4.78, 5) is 23.6. The third kappa shape index (κ3) is 4.85. The van der Waals surface area contributed by atoms with E-state index in [2.05, 4.69) is 15.5 Å². The number of nitrogens with one attached hydrogen (secondary N) is 1. The lowest BCUT2D eigenvalue weighted by Crippen LogP contribution is -2.18. The number of methoxy groups -OCH3 is 2. The van der Waals surface area contributed by atoms with Gasteiger partial charge in [-0.3, -0.25) is 14.2 Å². The Morgan fingerprint density at radius 3 is 2.52 bits per heavy atom. The molecule has 0 aliphatic carbocycles. The molecule has 1 amide bonds. The number of benzene rings is 1. The first-order valence-electron chi connectivity index (χ1n) is 9.64. The number of nitrogens with zero attached hydrogens (tertiary/aromatic N) is 4. The molecule has 10 nitrogen and oxygen atoms in total. The van der Waals surface area contributed by atoms with Gasteiger partial charge in [0.1, 0.15) is 5.69 Å². The predicted octanol–water partition coefficient (Wildman–Crippen LogP) is 2.49. The van der Waals surface area contributed by atoms with Gasteiger partial charge >= 0.3 is 5.97 Å². The van der Waals surface area contributed by atoms with Gasteiger partial charge in [-0.25, -0.2) is 4.79 Å². The van der Waals surface area contributed by atoms with Crippen molar-refractivity contribution in [1.29, 1.82) is 0 Å². The SMILES string of the molecule is COc1ccc(Cn2nc(C)c(NC(=O)CCn3nccc3C(=O)O)c2C)cc1OC. The van der Waals surface area contributed by atoms with E-state index < -0.39 is 5.97 Å². The smallest absolute Gasteiger partial charge is 0.354 e. The zero-order valence-electron chi connectivity index (χ0n) is 17.9. The van der Waals surface area contributed by atoms with E-state index in [1.807, 2.05) is 36.7 Å². The Hall–Kier alpha value is -3.82. The highest BCUT2D eigenvalue weighted by Crippen LogP contribution is 2.28. The zero-order chi connectivity index (χ0) is 22.5. The molecule has 0 bridgehead atoms. The Labute approximate surface area is 179 Å². The number of carboxylic acid groups (broad SMARTS) is 1. The molecular formula is C21H25N5O5. The quantitative estimate of drug-likeness (QED) is 0.538. The second-order valence-electron chi connectivity index (χ2n) is 6.94. The van der Waals surface area contributed by atoms with Gasteiger partial charge in [-0.05, 0) is 37.6 Å². The highest BCUT2D eigenvalue weighted by atomic mass is 16.5. The number of anilines is 1. The molecule has 2 aromatic heterocycles. The van der Waals surface area contributed by atoms with Gasteiger partial charge in [0, 0.05) is 12.6 Å². The van der Waals surface area contributed by atoms with Crippen LogP contribution in [0.25, 0.3) is 0 Å². The Balaban J connectivity index is 1.69. The molecule has 164 valence electrons. The Morgan fingerprint density at radius 2 is 1.84 bits per heavy atom. The van der Waals surface area contributed by atoms with Gasteiger partial charge in [-0.1, -0.05) is 6.07 Å². The summed E-state index contributed by atoms with van der Waals surface area (Å²) < 4.78 is 13.7. The second kappa shape index (κ2) is 9.33. The zero-order valence-corrected chi connectivity index (χ0v) is 17.9. The largest absolute Gasteiger partial charge is 0.493 e. The fourth-order valence-corrected chi connectivity index (χ4v) is 3.29. The standard InChI is InChI=1S/C21H25N5O5/c1-13-20(23-19(27)8-10-25-16(21(28)29)7-9-22-25)14(2)26(24-13)12-15-5-6-17(30-3)18(11-15)31-4/h5-7,9,11H,8,10,12H2,1-4H3,(H,23,27)(H,28,29). The molecule has 0 spiro atoms. The average molecular weight is 427 g/mol. The fourth-order valence-electron chi connectivity index (χ4n) is 3.29. The van der Waals surface area contributed by atoms with Gasteiger partial charge in [-0.15, -0.1) is 0 Å². The van der Waals surface area contributed by atoms with E-state index in [9.17, 15) is 9.59 Å². The maximum Gasteiger partial charge on any atom is 0.354 e. The van der Waals surface area contributed by atoms with Crippen LogP contribution in [0.5, 0.6) is 11.5 Å². The highest BCUT2D eigenvalue weighted by Gasteiger charge is 2.16. The molecule has 0 aliphatic rings. The van der Waals surface area contributed by atoms with Crippen LogP contribution >= 0.6 is 0 Å². The van der Waals surface area contributed by atoms with Crippen LogP contribution in [0.2, 0.25) is 0 Å². The van der Waals surface area contributed by atoms with Gasteiger partial charge in [0.15, 0.2) is 11.5 Å². The van der Waals surface area contributed by atoms with Crippen molar-refractivity contribution in [2.75, 3.05) is 19.5 Å². The van der Waals surface area contributed by atoms with Gasteiger partial charge < -0.3 is 19.9 Å². The van der Waals surface area contributed by atoms with Crippen molar-refractivity contribution in [2.24, 2.45) is 0 Å². The van der Waals surface area contributed by atoms with E-state index in [4.69, 9.17) is 14.6 Å². The van der Waals surface area contributed by atoms with Crippen LogP contribution in [0.15, 0.2) is 30.5 Å². The maximum atomic E-state index is 12.4. The molecule has 0 aliphatic heterocycles. The minimum Gasteiger partial charge on any atom is -0.493 e. The molecule has 0 unspecified atom stereocenters. The van der Waals surface area contributed by atoms with Gasteiger partial charge in [-0.2, -0.15) is 10.2 Å². The second-order valence-corrected chi connectivity index (χ2v) is 6.94. The van der Waals surface area contributed by atoms with E-state index in [-0.39, 0.29) is 24.6 Å². The summed E-state index contributed by atoms with van der Waals surface area (Å²) in [5, 5.41) is 20.5. The van der Waals surface area contributed by atoms with E-state index in [0.717, 1.165) is 11.3 Å². The molecule has 0 radical (unpaired) electrons. The number of carbonyl (C=O) groups is 2. The van der Waals surface area contributed by atoms with Gasteiger partial charge in [0.2, 0.25) is 5.91 Å². The number of ether oxygens (including phenoxy) is 2. The summed E-state index contributed by atoms with van der Waals surface area (Å²) in [6.45, 7) is 4.37. The monoisotopic (exact) mass is 427 g/mol. The first-order valence-corrected chi connectivity index (χ1v) is 9.64. The maximum absolute atomic E-state index is 12.4. The third-order valence-corrected chi connectivity index (χ3v) is 4.91. The van der Waals surface area contributed by atoms with Crippen LogP contribution in [-0.4, -0.2) is 50.8 Å². The minimum atomic E-state index is -1.08. The lowest BCUT2D eigenvalue weighted by atomic mass is 10.2. The summed E-state index contributed by atoms with van der Waals surface area (Å²) in [5.74, 6) is -0.0463. The number of aromatic nitrogens is 4.